The van der Waals surface area contributed by atoms with Gasteiger partial charge in [0.25, 0.3) is 0 Å². The quantitative estimate of drug-likeness (QED) is 0.723. The molecule has 0 spiro atoms. The molecule has 0 amide bonds. The van der Waals surface area contributed by atoms with Crippen molar-refractivity contribution in [2.75, 3.05) is 0 Å². The smallest absolute Gasteiger partial charge is 0.222 e. The summed E-state index contributed by atoms with van der Waals surface area (Å²) in [5, 5.41) is 14.4. The largest absolute Gasteiger partial charge is 0.493 e. The van der Waals surface area contributed by atoms with E-state index < -0.39 is 0 Å². The minimum Gasteiger partial charge on any atom is -0.493 e. The van der Waals surface area contributed by atoms with Gasteiger partial charge in [-0.2, -0.15) is 0 Å². The van der Waals surface area contributed by atoms with Crippen molar-refractivity contribution in [3.63, 3.8) is 0 Å². The van der Waals surface area contributed by atoms with Gasteiger partial charge in [-0.1, -0.05) is 41.9 Å². The monoisotopic (exact) mass is 286 g/mol. The second-order valence-electron chi connectivity index (χ2n) is 4.50. The molecule has 1 N–H and O–H groups in total. The van der Waals surface area contributed by atoms with Crippen molar-refractivity contribution in [3.8, 4) is 5.88 Å². The molecular formula is C15H11ClN2O2. The first-order valence-electron chi connectivity index (χ1n) is 6.08. The first-order valence-corrected chi connectivity index (χ1v) is 6.46. The van der Waals surface area contributed by atoms with Crippen LogP contribution in [0.4, 0.5) is 5.69 Å². The van der Waals surface area contributed by atoms with E-state index in [1.165, 1.54) is 0 Å². The summed E-state index contributed by atoms with van der Waals surface area (Å²) in [4.78, 5) is 10.9. The SMILES string of the molecule is O=Nc1c(O)n(Cc2cccc(Cl)c2)c2ccccc12. The Hall–Kier alpha value is -2.33. The number of benzene rings is 2. The number of aromatic hydroxyl groups is 1. The number of rotatable bonds is 3. The van der Waals surface area contributed by atoms with Crippen LogP contribution in [-0.2, 0) is 6.54 Å². The Balaban J connectivity index is 2.16. The number of fused-ring (bicyclic) bond motifs is 1. The zero-order chi connectivity index (χ0) is 14.1. The molecule has 20 heavy (non-hydrogen) atoms. The lowest BCUT2D eigenvalue weighted by atomic mass is 10.2. The van der Waals surface area contributed by atoms with Crippen LogP contribution < -0.4 is 0 Å². The molecular weight excluding hydrogens is 276 g/mol. The lowest BCUT2D eigenvalue weighted by Crippen LogP contribution is -1.98. The molecule has 2 aromatic carbocycles. The van der Waals surface area contributed by atoms with Crippen molar-refractivity contribution in [1.82, 2.24) is 4.57 Å². The van der Waals surface area contributed by atoms with Gasteiger partial charge in [-0.05, 0) is 28.9 Å². The molecule has 1 aromatic heterocycles. The van der Waals surface area contributed by atoms with Gasteiger partial charge < -0.3 is 9.67 Å². The van der Waals surface area contributed by atoms with E-state index in [2.05, 4.69) is 5.18 Å². The van der Waals surface area contributed by atoms with Crippen molar-refractivity contribution in [2.24, 2.45) is 5.18 Å². The van der Waals surface area contributed by atoms with Crippen molar-refractivity contribution >= 4 is 28.2 Å². The van der Waals surface area contributed by atoms with E-state index in [9.17, 15) is 10.0 Å². The Bertz CT molecular complexity index is 796. The van der Waals surface area contributed by atoms with Crippen LogP contribution in [0.3, 0.4) is 0 Å². The van der Waals surface area contributed by atoms with Crippen LogP contribution in [0.1, 0.15) is 5.56 Å². The van der Waals surface area contributed by atoms with Crippen molar-refractivity contribution in [2.45, 2.75) is 6.54 Å². The lowest BCUT2D eigenvalue weighted by molar-refractivity contribution is 0.430. The number of nitroso groups, excluding NO2 is 1. The standard InChI is InChI=1S/C15H11ClN2O2/c16-11-5-3-4-10(8-11)9-18-13-7-2-1-6-12(13)14(17-20)15(18)19/h1-8,19H,9H2. The fourth-order valence-electron chi connectivity index (χ4n) is 2.34. The third-order valence-electron chi connectivity index (χ3n) is 3.24. The van der Waals surface area contributed by atoms with Crippen LogP contribution in [-0.4, -0.2) is 9.67 Å². The Labute approximate surface area is 120 Å². The van der Waals surface area contributed by atoms with Crippen molar-refractivity contribution < 1.29 is 5.11 Å². The van der Waals surface area contributed by atoms with Gasteiger partial charge in [-0.3, -0.25) is 0 Å². The molecule has 3 aromatic rings. The molecule has 0 aliphatic heterocycles. The third kappa shape index (κ3) is 2.04. The fourth-order valence-corrected chi connectivity index (χ4v) is 2.55. The van der Waals surface area contributed by atoms with Gasteiger partial charge in [0.1, 0.15) is 0 Å². The minimum absolute atomic E-state index is 0.0719. The van der Waals surface area contributed by atoms with Gasteiger partial charge in [0.15, 0.2) is 5.69 Å². The topological polar surface area (TPSA) is 54.6 Å². The lowest BCUT2D eigenvalue weighted by Gasteiger charge is -2.07. The molecule has 0 fully saturated rings. The molecule has 0 saturated carbocycles. The summed E-state index contributed by atoms with van der Waals surface area (Å²) in [6.45, 7) is 0.419. The van der Waals surface area contributed by atoms with Gasteiger partial charge in [0.2, 0.25) is 5.88 Å². The van der Waals surface area contributed by atoms with Gasteiger partial charge >= 0.3 is 0 Å². The summed E-state index contributed by atoms with van der Waals surface area (Å²) in [6.07, 6.45) is 0. The average molecular weight is 287 g/mol. The molecule has 0 unspecified atom stereocenters. The maximum absolute atomic E-state index is 10.9. The summed E-state index contributed by atoms with van der Waals surface area (Å²) in [5.41, 5.74) is 1.77. The summed E-state index contributed by atoms with van der Waals surface area (Å²) in [5.74, 6) is -0.124. The van der Waals surface area contributed by atoms with Crippen molar-refractivity contribution in [3.05, 3.63) is 64.0 Å². The zero-order valence-electron chi connectivity index (χ0n) is 10.5. The van der Waals surface area contributed by atoms with Crippen LogP contribution in [0.2, 0.25) is 5.02 Å². The molecule has 0 bridgehead atoms. The summed E-state index contributed by atoms with van der Waals surface area (Å²) in [6, 6.07) is 14.6. The molecule has 3 rings (SSSR count). The first-order chi connectivity index (χ1) is 9.70. The molecule has 100 valence electrons. The van der Waals surface area contributed by atoms with Gasteiger partial charge in [-0.25, -0.2) is 0 Å². The normalized spacial score (nSPS) is 10.8. The van der Waals surface area contributed by atoms with E-state index >= 15 is 0 Å². The molecule has 0 radical (unpaired) electrons. The van der Waals surface area contributed by atoms with E-state index in [4.69, 9.17) is 11.6 Å². The maximum Gasteiger partial charge on any atom is 0.222 e. The van der Waals surface area contributed by atoms with Crippen LogP contribution in [0.5, 0.6) is 5.88 Å². The summed E-state index contributed by atoms with van der Waals surface area (Å²) >= 11 is 5.96. The van der Waals surface area contributed by atoms with E-state index in [-0.39, 0.29) is 11.6 Å². The highest BCUT2D eigenvalue weighted by atomic mass is 35.5. The van der Waals surface area contributed by atoms with E-state index in [1.54, 1.807) is 22.8 Å². The molecule has 0 saturated heterocycles. The van der Waals surface area contributed by atoms with E-state index in [0.717, 1.165) is 11.1 Å². The molecule has 0 aliphatic carbocycles. The molecule has 0 atom stereocenters. The number of hydrogen-bond acceptors (Lipinski definition) is 3. The highest BCUT2D eigenvalue weighted by Gasteiger charge is 2.17. The van der Waals surface area contributed by atoms with E-state index in [1.807, 2.05) is 30.3 Å². The van der Waals surface area contributed by atoms with E-state index in [0.29, 0.717) is 17.0 Å². The minimum atomic E-state index is -0.124. The number of halogens is 1. The number of nitrogens with zero attached hydrogens (tertiary/aromatic N) is 2. The number of aromatic nitrogens is 1. The predicted octanol–water partition coefficient (Wildman–Crippen LogP) is 4.45. The molecule has 1 heterocycles. The van der Waals surface area contributed by atoms with Crippen LogP contribution >= 0.6 is 11.6 Å². The fraction of sp³-hybridized carbons (Fsp3) is 0.0667. The van der Waals surface area contributed by atoms with Crippen LogP contribution in [0.25, 0.3) is 10.9 Å². The van der Waals surface area contributed by atoms with Crippen LogP contribution in [0, 0.1) is 4.91 Å². The van der Waals surface area contributed by atoms with Gasteiger partial charge in [0, 0.05) is 10.4 Å². The highest BCUT2D eigenvalue weighted by molar-refractivity contribution is 6.30. The Morgan fingerprint density at radius 1 is 1.15 bits per heavy atom. The van der Waals surface area contributed by atoms with Gasteiger partial charge in [0.05, 0.1) is 12.1 Å². The molecule has 5 heteroatoms. The third-order valence-corrected chi connectivity index (χ3v) is 3.47. The maximum atomic E-state index is 10.9. The van der Waals surface area contributed by atoms with Crippen molar-refractivity contribution in [1.29, 1.82) is 0 Å². The average Bonchev–Trinajstić information content (AvgIpc) is 2.72. The number of hydrogen-bond donors (Lipinski definition) is 1. The summed E-state index contributed by atoms with van der Waals surface area (Å²) in [7, 11) is 0. The van der Waals surface area contributed by atoms with Gasteiger partial charge in [-0.15, -0.1) is 4.91 Å². The predicted molar refractivity (Wildman–Crippen MR) is 79.6 cm³/mol. The zero-order valence-corrected chi connectivity index (χ0v) is 11.2. The second kappa shape index (κ2) is 4.98. The molecule has 4 nitrogen and oxygen atoms in total. The highest BCUT2D eigenvalue weighted by Crippen LogP contribution is 2.38. The molecule has 0 aliphatic rings. The van der Waals surface area contributed by atoms with Crippen LogP contribution in [0.15, 0.2) is 53.7 Å². The second-order valence-corrected chi connectivity index (χ2v) is 4.93. The summed E-state index contributed by atoms with van der Waals surface area (Å²) < 4.78 is 1.65. The Morgan fingerprint density at radius 3 is 2.70 bits per heavy atom. The number of para-hydroxylation sites is 1. The Morgan fingerprint density at radius 2 is 1.95 bits per heavy atom. The first kappa shape index (κ1) is 12.7. The Kier molecular flexibility index (Phi) is 3.16.